The van der Waals surface area contributed by atoms with E-state index in [1.165, 1.54) is 18.6 Å². The van der Waals surface area contributed by atoms with Crippen LogP contribution in [0.2, 0.25) is 5.02 Å². The predicted octanol–water partition coefficient (Wildman–Crippen LogP) is 6.98. The van der Waals surface area contributed by atoms with Crippen molar-refractivity contribution in [3.05, 3.63) is 82.4 Å². The Morgan fingerprint density at radius 3 is 2.44 bits per heavy atom. The van der Waals surface area contributed by atoms with Crippen LogP contribution in [0.15, 0.2) is 54.6 Å². The molecule has 0 bridgehead atoms. The van der Waals surface area contributed by atoms with Gasteiger partial charge in [0.25, 0.3) is 0 Å². The summed E-state index contributed by atoms with van der Waals surface area (Å²) in [7, 11) is 0. The highest BCUT2D eigenvalue weighted by molar-refractivity contribution is 6.30. The molecule has 5 rings (SSSR count). The molecule has 0 aliphatic carbocycles. The van der Waals surface area contributed by atoms with Gasteiger partial charge in [-0.15, -0.1) is 0 Å². The highest BCUT2D eigenvalue weighted by Gasteiger charge is 2.22. The number of hydrogen-bond donors (Lipinski definition) is 0. The second kappa shape index (κ2) is 8.55. The summed E-state index contributed by atoms with van der Waals surface area (Å²) in [5, 5.41) is 0.106. The van der Waals surface area contributed by atoms with Gasteiger partial charge in [-0.2, -0.15) is 0 Å². The Morgan fingerprint density at radius 1 is 0.906 bits per heavy atom. The Bertz CT molecular complexity index is 1290. The summed E-state index contributed by atoms with van der Waals surface area (Å²) in [6, 6.07) is 15.7. The lowest BCUT2D eigenvalue weighted by atomic mass is 10.0. The normalized spacial score (nSPS) is 14.3. The summed E-state index contributed by atoms with van der Waals surface area (Å²) in [6.07, 6.45) is 3.44. The first-order valence-corrected chi connectivity index (χ1v) is 11.3. The number of imidazole rings is 1. The van der Waals surface area contributed by atoms with Crippen molar-refractivity contribution >= 4 is 28.6 Å². The number of halogens is 3. The largest absolute Gasteiger partial charge is 0.342 e. The molecule has 3 aromatic carbocycles. The van der Waals surface area contributed by atoms with Crippen LogP contribution in [0.5, 0.6) is 0 Å². The lowest BCUT2D eigenvalue weighted by Gasteiger charge is -2.28. The molecular formula is C26H24ClF2N3. The van der Waals surface area contributed by atoms with E-state index in [0.29, 0.717) is 12.1 Å². The second-order valence-corrected chi connectivity index (χ2v) is 8.86. The summed E-state index contributed by atoms with van der Waals surface area (Å²) in [4.78, 5) is 7.35. The van der Waals surface area contributed by atoms with Crippen LogP contribution in [0.1, 0.15) is 30.4 Å². The average Bonchev–Trinajstić information content (AvgIpc) is 3.15. The summed E-state index contributed by atoms with van der Waals surface area (Å²) in [6.45, 7) is 4.38. The van der Waals surface area contributed by atoms with Gasteiger partial charge in [0.2, 0.25) is 5.95 Å². The van der Waals surface area contributed by atoms with Crippen molar-refractivity contribution in [3.8, 4) is 11.1 Å². The summed E-state index contributed by atoms with van der Waals surface area (Å²) >= 11 is 6.06. The van der Waals surface area contributed by atoms with Crippen molar-refractivity contribution < 1.29 is 8.78 Å². The molecule has 4 aromatic rings. The molecule has 164 valence electrons. The number of aryl methyl sites for hydroxylation is 1. The van der Waals surface area contributed by atoms with E-state index in [-0.39, 0.29) is 10.8 Å². The third-order valence-corrected chi connectivity index (χ3v) is 6.40. The molecule has 0 radical (unpaired) electrons. The molecule has 0 N–H and O–H groups in total. The zero-order valence-corrected chi connectivity index (χ0v) is 18.7. The summed E-state index contributed by atoms with van der Waals surface area (Å²) < 4.78 is 30.6. The Balaban J connectivity index is 1.72. The molecule has 32 heavy (non-hydrogen) atoms. The van der Waals surface area contributed by atoms with Crippen LogP contribution in [-0.2, 0) is 6.54 Å². The van der Waals surface area contributed by atoms with E-state index in [2.05, 4.69) is 15.5 Å². The third kappa shape index (κ3) is 3.86. The van der Waals surface area contributed by atoms with Crippen LogP contribution >= 0.6 is 11.6 Å². The van der Waals surface area contributed by atoms with Crippen molar-refractivity contribution in [2.45, 2.75) is 32.7 Å². The minimum absolute atomic E-state index is 0.106. The van der Waals surface area contributed by atoms with Gasteiger partial charge in [-0.05, 0) is 67.6 Å². The first-order valence-electron chi connectivity index (χ1n) is 11.0. The molecular weight excluding hydrogens is 428 g/mol. The molecule has 6 heteroatoms. The van der Waals surface area contributed by atoms with Crippen LogP contribution in [-0.4, -0.2) is 22.6 Å². The molecule has 0 atom stereocenters. The van der Waals surface area contributed by atoms with Gasteiger partial charge in [-0.1, -0.05) is 35.9 Å². The highest BCUT2D eigenvalue weighted by Crippen LogP contribution is 2.35. The van der Waals surface area contributed by atoms with Gasteiger partial charge in [0.05, 0.1) is 22.6 Å². The lowest BCUT2D eigenvalue weighted by molar-refractivity contribution is 0.560. The maximum atomic E-state index is 14.7. The Hall–Kier alpha value is -2.92. The van der Waals surface area contributed by atoms with Crippen LogP contribution in [0.4, 0.5) is 14.7 Å². The minimum Gasteiger partial charge on any atom is -0.342 e. The molecule has 0 spiro atoms. The van der Waals surface area contributed by atoms with Crippen LogP contribution in [0, 0.1) is 18.6 Å². The second-order valence-electron chi connectivity index (χ2n) is 8.45. The number of benzene rings is 3. The first kappa shape index (κ1) is 21.0. The molecule has 0 amide bonds. The van der Waals surface area contributed by atoms with Crippen LogP contribution < -0.4 is 4.90 Å². The Kier molecular flexibility index (Phi) is 5.60. The molecule has 1 saturated heterocycles. The van der Waals surface area contributed by atoms with E-state index in [1.807, 2.05) is 19.1 Å². The van der Waals surface area contributed by atoms with Crippen molar-refractivity contribution in [2.24, 2.45) is 0 Å². The number of aromatic nitrogens is 2. The van der Waals surface area contributed by atoms with Gasteiger partial charge in [0.15, 0.2) is 0 Å². The van der Waals surface area contributed by atoms with E-state index in [1.54, 1.807) is 24.3 Å². The molecule has 0 saturated carbocycles. The van der Waals surface area contributed by atoms with Gasteiger partial charge in [0, 0.05) is 24.2 Å². The third-order valence-electron chi connectivity index (χ3n) is 6.11. The Morgan fingerprint density at radius 2 is 1.69 bits per heavy atom. The van der Waals surface area contributed by atoms with Gasteiger partial charge >= 0.3 is 0 Å². The van der Waals surface area contributed by atoms with Crippen LogP contribution in [0.25, 0.3) is 22.2 Å². The monoisotopic (exact) mass is 451 g/mol. The molecule has 1 aromatic heterocycles. The first-order chi connectivity index (χ1) is 15.5. The molecule has 1 fully saturated rings. The standard InChI is InChI=1S/C26H24ClF2N3/c1-17-13-20(19-7-3-4-8-22(19)28)25-24(14-17)32(16-18-9-10-23(29)21(27)15-18)26(30-25)31-11-5-2-6-12-31/h3-4,7-10,13-15H,2,5-6,11-12,16H2,1H3. The summed E-state index contributed by atoms with van der Waals surface area (Å²) in [5.41, 5.74) is 4.95. The minimum atomic E-state index is -0.431. The van der Waals surface area contributed by atoms with Gasteiger partial charge in [-0.3, -0.25) is 0 Å². The topological polar surface area (TPSA) is 21.1 Å². The maximum Gasteiger partial charge on any atom is 0.206 e. The molecule has 2 heterocycles. The lowest BCUT2D eigenvalue weighted by Crippen LogP contribution is -2.32. The summed E-state index contributed by atoms with van der Waals surface area (Å²) in [5.74, 6) is 0.168. The van der Waals surface area contributed by atoms with E-state index in [4.69, 9.17) is 16.6 Å². The fourth-order valence-electron chi connectivity index (χ4n) is 4.55. The van der Waals surface area contributed by atoms with Gasteiger partial charge < -0.3 is 9.47 Å². The van der Waals surface area contributed by atoms with E-state index in [0.717, 1.165) is 59.6 Å². The molecule has 3 nitrogen and oxygen atoms in total. The zero-order chi connectivity index (χ0) is 22.2. The number of rotatable bonds is 4. The SMILES string of the molecule is Cc1cc(-c2ccccc2F)c2nc(N3CCCCC3)n(Cc3ccc(F)c(Cl)c3)c2c1. The van der Waals surface area contributed by atoms with Crippen molar-refractivity contribution in [1.29, 1.82) is 0 Å². The predicted molar refractivity (Wildman–Crippen MR) is 126 cm³/mol. The molecule has 1 aliphatic rings. The number of nitrogens with zero attached hydrogens (tertiary/aromatic N) is 3. The van der Waals surface area contributed by atoms with E-state index < -0.39 is 5.82 Å². The smallest absolute Gasteiger partial charge is 0.206 e. The number of hydrogen-bond acceptors (Lipinski definition) is 2. The van der Waals surface area contributed by atoms with Crippen molar-refractivity contribution in [3.63, 3.8) is 0 Å². The number of piperidine rings is 1. The average molecular weight is 452 g/mol. The van der Waals surface area contributed by atoms with Gasteiger partial charge in [-0.25, -0.2) is 13.8 Å². The quantitative estimate of drug-likeness (QED) is 0.333. The number of fused-ring (bicyclic) bond motifs is 1. The van der Waals surface area contributed by atoms with Crippen molar-refractivity contribution in [1.82, 2.24) is 9.55 Å². The molecule has 1 aliphatic heterocycles. The maximum absolute atomic E-state index is 14.7. The van der Waals surface area contributed by atoms with Crippen LogP contribution in [0.3, 0.4) is 0 Å². The Labute approximate surface area is 191 Å². The highest BCUT2D eigenvalue weighted by atomic mass is 35.5. The van der Waals surface area contributed by atoms with Crippen molar-refractivity contribution in [2.75, 3.05) is 18.0 Å². The molecule has 0 unspecified atom stereocenters. The fourth-order valence-corrected chi connectivity index (χ4v) is 4.75. The van der Waals surface area contributed by atoms with E-state index in [9.17, 15) is 8.78 Å². The van der Waals surface area contributed by atoms with Gasteiger partial charge in [0.1, 0.15) is 11.6 Å². The van der Waals surface area contributed by atoms with E-state index >= 15 is 0 Å². The fraction of sp³-hybridized carbons (Fsp3) is 0.269. The zero-order valence-electron chi connectivity index (χ0n) is 17.9. The number of anilines is 1.